The number of aryl methyl sites for hydroxylation is 1. The highest BCUT2D eigenvalue weighted by molar-refractivity contribution is 7.99. The Balaban J connectivity index is 1.75. The maximum atomic E-state index is 12.5. The van der Waals surface area contributed by atoms with Crippen LogP contribution >= 0.6 is 11.8 Å². The van der Waals surface area contributed by atoms with Crippen LogP contribution in [0.4, 0.5) is 5.69 Å². The van der Waals surface area contributed by atoms with Crippen LogP contribution in [0.2, 0.25) is 0 Å². The zero-order valence-corrected chi connectivity index (χ0v) is 14.0. The first-order valence-corrected chi connectivity index (χ1v) is 8.67. The van der Waals surface area contributed by atoms with Crippen LogP contribution in [0.1, 0.15) is 47.6 Å². The first-order valence-electron chi connectivity index (χ1n) is 7.68. The lowest BCUT2D eigenvalue weighted by Gasteiger charge is -2.08. The third-order valence-electron chi connectivity index (χ3n) is 3.93. The van der Waals surface area contributed by atoms with Crippen molar-refractivity contribution in [3.8, 4) is 0 Å². The Morgan fingerprint density at radius 2 is 2.18 bits per heavy atom. The number of amides is 1. The molecule has 5 heteroatoms. The second kappa shape index (κ2) is 6.16. The third-order valence-corrected chi connectivity index (χ3v) is 4.75. The predicted molar refractivity (Wildman–Crippen MR) is 90.8 cm³/mol. The normalized spacial score (nSPS) is 14.1. The van der Waals surface area contributed by atoms with Gasteiger partial charge in [-0.2, -0.15) is 0 Å². The molecule has 1 fully saturated rings. The van der Waals surface area contributed by atoms with Crippen molar-refractivity contribution in [3.63, 3.8) is 0 Å². The van der Waals surface area contributed by atoms with E-state index >= 15 is 0 Å². The Hall–Kier alpha value is -1.75. The molecular formula is C17H21N3OS. The number of nitrogens with one attached hydrogen (secondary N) is 1. The number of carbonyl (C=O) groups is 1. The van der Waals surface area contributed by atoms with E-state index in [9.17, 15) is 4.79 Å². The van der Waals surface area contributed by atoms with Gasteiger partial charge in [0.15, 0.2) is 0 Å². The number of hydrogen-bond acceptors (Lipinski definition) is 3. The summed E-state index contributed by atoms with van der Waals surface area (Å²) >= 11 is 1.69. The van der Waals surface area contributed by atoms with Crippen molar-refractivity contribution < 1.29 is 4.79 Å². The highest BCUT2D eigenvalue weighted by atomic mass is 32.2. The van der Waals surface area contributed by atoms with Gasteiger partial charge in [-0.25, -0.2) is 4.98 Å². The van der Waals surface area contributed by atoms with Crippen LogP contribution in [-0.2, 0) is 0 Å². The fourth-order valence-electron chi connectivity index (χ4n) is 2.79. The molecule has 2 heterocycles. The van der Waals surface area contributed by atoms with Crippen molar-refractivity contribution in [1.29, 1.82) is 0 Å². The Morgan fingerprint density at radius 3 is 2.77 bits per heavy atom. The SMILES string of the molecule is CCSc1ccc(NC(=O)c2cc(C)n(C3CC3)c2C)cn1. The Morgan fingerprint density at radius 1 is 1.41 bits per heavy atom. The number of anilines is 1. The molecule has 1 amide bonds. The maximum absolute atomic E-state index is 12.5. The zero-order chi connectivity index (χ0) is 15.7. The average Bonchev–Trinajstić information content (AvgIpc) is 3.27. The lowest BCUT2D eigenvalue weighted by Crippen LogP contribution is -2.13. The maximum Gasteiger partial charge on any atom is 0.257 e. The van der Waals surface area contributed by atoms with E-state index in [1.807, 2.05) is 25.1 Å². The summed E-state index contributed by atoms with van der Waals surface area (Å²) in [5.41, 5.74) is 3.72. The molecule has 0 aromatic carbocycles. The summed E-state index contributed by atoms with van der Waals surface area (Å²) < 4.78 is 2.29. The topological polar surface area (TPSA) is 46.9 Å². The number of aromatic nitrogens is 2. The molecule has 0 aliphatic heterocycles. The summed E-state index contributed by atoms with van der Waals surface area (Å²) in [6.45, 7) is 6.19. The molecule has 1 N–H and O–H groups in total. The molecule has 0 atom stereocenters. The molecule has 0 unspecified atom stereocenters. The number of carbonyl (C=O) groups excluding carboxylic acids is 1. The summed E-state index contributed by atoms with van der Waals surface area (Å²) in [7, 11) is 0. The minimum Gasteiger partial charge on any atom is -0.345 e. The molecule has 0 bridgehead atoms. The van der Waals surface area contributed by atoms with Gasteiger partial charge in [0, 0.05) is 17.4 Å². The first-order chi connectivity index (χ1) is 10.6. The number of pyridine rings is 1. The standard InChI is InChI=1S/C17H21N3OS/c1-4-22-16-8-5-13(10-18-16)19-17(21)15-9-11(2)20(12(15)3)14-6-7-14/h5,8-10,14H,4,6-7H2,1-3H3,(H,19,21). The van der Waals surface area contributed by atoms with Gasteiger partial charge in [0.2, 0.25) is 0 Å². The quantitative estimate of drug-likeness (QED) is 0.841. The van der Waals surface area contributed by atoms with Crippen molar-refractivity contribution in [2.75, 3.05) is 11.1 Å². The second-order valence-corrected chi connectivity index (χ2v) is 6.94. The van der Waals surface area contributed by atoms with Crippen LogP contribution in [0.3, 0.4) is 0 Å². The zero-order valence-electron chi connectivity index (χ0n) is 13.2. The molecule has 1 saturated carbocycles. The summed E-state index contributed by atoms with van der Waals surface area (Å²) in [6, 6.07) is 6.42. The molecular weight excluding hydrogens is 294 g/mol. The molecule has 2 aromatic heterocycles. The largest absolute Gasteiger partial charge is 0.345 e. The van der Waals surface area contributed by atoms with E-state index in [2.05, 4.69) is 28.7 Å². The van der Waals surface area contributed by atoms with Crippen LogP contribution in [0.5, 0.6) is 0 Å². The van der Waals surface area contributed by atoms with Crippen molar-refractivity contribution in [3.05, 3.63) is 41.3 Å². The van der Waals surface area contributed by atoms with E-state index in [4.69, 9.17) is 0 Å². The molecule has 0 radical (unpaired) electrons. The highest BCUT2D eigenvalue weighted by Gasteiger charge is 2.28. The fourth-order valence-corrected chi connectivity index (χ4v) is 3.37. The minimum absolute atomic E-state index is 0.0577. The van der Waals surface area contributed by atoms with E-state index in [0.717, 1.165) is 33.4 Å². The summed E-state index contributed by atoms with van der Waals surface area (Å²) in [5.74, 6) is 0.934. The van der Waals surface area contributed by atoms with Crippen LogP contribution < -0.4 is 5.32 Å². The number of rotatable bonds is 5. The highest BCUT2D eigenvalue weighted by Crippen LogP contribution is 2.38. The van der Waals surface area contributed by atoms with Gasteiger partial charge in [0.05, 0.1) is 22.5 Å². The minimum atomic E-state index is -0.0577. The van der Waals surface area contributed by atoms with Crippen LogP contribution in [0.15, 0.2) is 29.4 Å². The second-order valence-electron chi connectivity index (χ2n) is 5.66. The van der Waals surface area contributed by atoms with E-state index in [0.29, 0.717) is 6.04 Å². The summed E-state index contributed by atoms with van der Waals surface area (Å²) in [6.07, 6.45) is 4.16. The van der Waals surface area contributed by atoms with Crippen molar-refractivity contribution >= 4 is 23.4 Å². The molecule has 0 spiro atoms. The predicted octanol–water partition coefficient (Wildman–Crippen LogP) is 4.20. The molecule has 116 valence electrons. The number of nitrogens with zero attached hydrogens (tertiary/aromatic N) is 2. The molecule has 1 aliphatic rings. The van der Waals surface area contributed by atoms with Crippen LogP contribution in [0, 0.1) is 13.8 Å². The molecule has 1 aliphatic carbocycles. The van der Waals surface area contributed by atoms with Gasteiger partial charge in [0.1, 0.15) is 0 Å². The Bertz CT molecular complexity index is 687. The first kappa shape index (κ1) is 15.2. The van der Waals surface area contributed by atoms with Crippen molar-refractivity contribution in [2.24, 2.45) is 0 Å². The van der Waals surface area contributed by atoms with Crippen molar-refractivity contribution in [2.45, 2.75) is 44.7 Å². The van der Waals surface area contributed by atoms with E-state index in [1.165, 1.54) is 12.8 Å². The Labute approximate surface area is 135 Å². The van der Waals surface area contributed by atoms with Gasteiger partial charge in [-0.15, -0.1) is 11.8 Å². The number of thioether (sulfide) groups is 1. The smallest absolute Gasteiger partial charge is 0.257 e. The lowest BCUT2D eigenvalue weighted by molar-refractivity contribution is 0.102. The van der Waals surface area contributed by atoms with Gasteiger partial charge in [-0.3, -0.25) is 4.79 Å². The van der Waals surface area contributed by atoms with E-state index in [1.54, 1.807) is 18.0 Å². The summed E-state index contributed by atoms with van der Waals surface area (Å²) in [4.78, 5) is 16.8. The lowest BCUT2D eigenvalue weighted by atomic mass is 10.2. The molecule has 2 aromatic rings. The molecule has 22 heavy (non-hydrogen) atoms. The van der Waals surface area contributed by atoms with E-state index < -0.39 is 0 Å². The monoisotopic (exact) mass is 315 g/mol. The van der Waals surface area contributed by atoms with Gasteiger partial charge in [-0.05, 0) is 50.6 Å². The molecule has 4 nitrogen and oxygen atoms in total. The average molecular weight is 315 g/mol. The fraction of sp³-hybridized carbons (Fsp3) is 0.412. The van der Waals surface area contributed by atoms with Gasteiger partial charge >= 0.3 is 0 Å². The molecule has 0 saturated heterocycles. The third kappa shape index (κ3) is 3.04. The van der Waals surface area contributed by atoms with Gasteiger partial charge in [-0.1, -0.05) is 6.92 Å². The van der Waals surface area contributed by atoms with Crippen LogP contribution in [-0.4, -0.2) is 21.2 Å². The van der Waals surface area contributed by atoms with Crippen LogP contribution in [0.25, 0.3) is 0 Å². The van der Waals surface area contributed by atoms with Gasteiger partial charge in [0.25, 0.3) is 5.91 Å². The Kier molecular flexibility index (Phi) is 4.25. The number of hydrogen-bond donors (Lipinski definition) is 1. The molecule has 3 rings (SSSR count). The van der Waals surface area contributed by atoms with E-state index in [-0.39, 0.29) is 5.91 Å². The van der Waals surface area contributed by atoms with Gasteiger partial charge < -0.3 is 9.88 Å². The summed E-state index contributed by atoms with van der Waals surface area (Å²) in [5, 5.41) is 3.92. The van der Waals surface area contributed by atoms with Crippen molar-refractivity contribution in [1.82, 2.24) is 9.55 Å².